The molecule has 8 heteroatoms. The van der Waals surface area contributed by atoms with Crippen molar-refractivity contribution in [3.8, 4) is 0 Å². The van der Waals surface area contributed by atoms with Gasteiger partial charge in [-0.3, -0.25) is 4.79 Å². The SMILES string of the molecule is CC(C)=C/C=C(\C)[C@H](CCO)NC(=O)C1(N)CCN(c2ncnc3[nH]ccc23)CC1. The molecule has 3 heterocycles. The number of H-pyrrole nitrogens is 1. The monoisotopic (exact) mass is 412 g/mol. The number of fused-ring (bicyclic) bond motifs is 1. The summed E-state index contributed by atoms with van der Waals surface area (Å²) in [6.45, 7) is 7.27. The molecule has 1 atom stereocenters. The van der Waals surface area contributed by atoms with Gasteiger partial charge in [0.15, 0.2) is 0 Å². The molecule has 3 rings (SSSR count). The second-order valence-corrected chi connectivity index (χ2v) is 8.27. The van der Waals surface area contributed by atoms with E-state index in [4.69, 9.17) is 5.73 Å². The minimum atomic E-state index is -0.939. The molecule has 8 nitrogen and oxygen atoms in total. The molecule has 2 aromatic rings. The fraction of sp³-hybridized carbons (Fsp3) is 0.500. The van der Waals surface area contributed by atoms with Crippen LogP contribution in [-0.2, 0) is 4.79 Å². The molecular weight excluding hydrogens is 380 g/mol. The van der Waals surface area contributed by atoms with E-state index in [-0.39, 0.29) is 18.6 Å². The van der Waals surface area contributed by atoms with Crippen LogP contribution in [-0.4, -0.2) is 57.2 Å². The normalized spacial score (nSPS) is 17.6. The molecule has 0 radical (unpaired) electrons. The number of aromatic amines is 1. The minimum Gasteiger partial charge on any atom is -0.396 e. The Labute approximate surface area is 177 Å². The summed E-state index contributed by atoms with van der Waals surface area (Å²) in [5.41, 5.74) is 8.56. The van der Waals surface area contributed by atoms with Crippen molar-refractivity contribution in [2.45, 2.75) is 51.6 Å². The Balaban J connectivity index is 1.67. The molecular formula is C22H32N6O2. The lowest BCUT2D eigenvalue weighted by atomic mass is 9.87. The van der Waals surface area contributed by atoms with Crippen molar-refractivity contribution in [3.05, 3.63) is 41.9 Å². The number of aromatic nitrogens is 3. The van der Waals surface area contributed by atoms with Gasteiger partial charge in [0.25, 0.3) is 0 Å². The zero-order valence-electron chi connectivity index (χ0n) is 18.0. The summed E-state index contributed by atoms with van der Waals surface area (Å²) in [4.78, 5) is 27.0. The maximum absolute atomic E-state index is 13.1. The third kappa shape index (κ3) is 4.88. The van der Waals surface area contributed by atoms with E-state index in [0.717, 1.165) is 22.4 Å². The summed E-state index contributed by atoms with van der Waals surface area (Å²) in [5.74, 6) is 0.697. The van der Waals surface area contributed by atoms with E-state index in [1.165, 1.54) is 5.57 Å². The summed E-state index contributed by atoms with van der Waals surface area (Å²) >= 11 is 0. The van der Waals surface area contributed by atoms with Crippen LogP contribution in [0.2, 0.25) is 0 Å². The zero-order chi connectivity index (χ0) is 21.7. The Morgan fingerprint density at radius 3 is 2.73 bits per heavy atom. The molecule has 0 bridgehead atoms. The molecule has 1 fully saturated rings. The minimum absolute atomic E-state index is 0.00330. The van der Waals surface area contributed by atoms with E-state index in [1.807, 2.05) is 45.2 Å². The quantitative estimate of drug-likeness (QED) is 0.517. The van der Waals surface area contributed by atoms with Gasteiger partial charge in [0.1, 0.15) is 17.8 Å². The van der Waals surface area contributed by atoms with E-state index in [0.29, 0.717) is 32.4 Å². The first kappa shape index (κ1) is 22.0. The molecule has 5 N–H and O–H groups in total. The summed E-state index contributed by atoms with van der Waals surface area (Å²) in [6, 6.07) is 1.72. The van der Waals surface area contributed by atoms with Crippen LogP contribution < -0.4 is 16.0 Å². The molecule has 1 saturated heterocycles. The number of nitrogens with two attached hydrogens (primary N) is 1. The van der Waals surface area contributed by atoms with Gasteiger partial charge in [-0.25, -0.2) is 9.97 Å². The first-order valence-electron chi connectivity index (χ1n) is 10.4. The average Bonchev–Trinajstić information content (AvgIpc) is 3.21. The molecule has 1 aliphatic heterocycles. The summed E-state index contributed by atoms with van der Waals surface area (Å²) in [7, 11) is 0. The number of allylic oxidation sites excluding steroid dienone is 3. The predicted octanol–water partition coefficient (Wildman–Crippen LogP) is 2.04. The van der Waals surface area contributed by atoms with E-state index in [2.05, 4.69) is 25.2 Å². The van der Waals surface area contributed by atoms with Crippen LogP contribution in [0, 0.1) is 0 Å². The standard InChI is InChI=1S/C22H32N6O2/c1-15(2)4-5-16(3)18(7-13-29)27-21(30)22(23)8-11-28(12-9-22)20-17-6-10-24-19(17)25-14-26-20/h4-6,10,14,18,29H,7-9,11-13,23H2,1-3H3,(H,27,30)(H,24,25,26)/b16-5+/t18-/m0/s1. The second kappa shape index (κ2) is 9.40. The molecule has 0 aromatic carbocycles. The maximum Gasteiger partial charge on any atom is 0.240 e. The Kier molecular flexibility index (Phi) is 6.89. The first-order valence-corrected chi connectivity index (χ1v) is 10.4. The zero-order valence-corrected chi connectivity index (χ0v) is 18.0. The molecule has 1 amide bonds. The molecule has 0 unspecified atom stereocenters. The number of nitrogens with zero attached hydrogens (tertiary/aromatic N) is 3. The van der Waals surface area contributed by atoms with Crippen LogP contribution in [0.4, 0.5) is 5.82 Å². The summed E-state index contributed by atoms with van der Waals surface area (Å²) in [5, 5.41) is 13.5. The van der Waals surface area contributed by atoms with E-state index >= 15 is 0 Å². The fourth-order valence-electron chi connectivity index (χ4n) is 3.71. The van der Waals surface area contributed by atoms with Gasteiger partial charge in [-0.05, 0) is 46.1 Å². The van der Waals surface area contributed by atoms with Crippen molar-refractivity contribution >= 4 is 22.8 Å². The number of carbonyl (C=O) groups is 1. The topological polar surface area (TPSA) is 120 Å². The summed E-state index contributed by atoms with van der Waals surface area (Å²) < 4.78 is 0. The number of hydrogen-bond donors (Lipinski definition) is 4. The van der Waals surface area contributed by atoms with Crippen LogP contribution in [0.3, 0.4) is 0 Å². The van der Waals surface area contributed by atoms with Crippen LogP contribution in [0.5, 0.6) is 0 Å². The first-order chi connectivity index (χ1) is 14.3. The van der Waals surface area contributed by atoms with Crippen LogP contribution in [0.15, 0.2) is 41.9 Å². The molecule has 30 heavy (non-hydrogen) atoms. The smallest absolute Gasteiger partial charge is 0.240 e. The van der Waals surface area contributed by atoms with Gasteiger partial charge in [-0.2, -0.15) is 0 Å². The van der Waals surface area contributed by atoms with Crippen LogP contribution in [0.1, 0.15) is 40.0 Å². The van der Waals surface area contributed by atoms with E-state index in [9.17, 15) is 9.90 Å². The lowest BCUT2D eigenvalue weighted by molar-refractivity contribution is -0.127. The van der Waals surface area contributed by atoms with Crippen molar-refractivity contribution in [2.24, 2.45) is 5.73 Å². The Morgan fingerprint density at radius 1 is 1.33 bits per heavy atom. The van der Waals surface area contributed by atoms with Crippen LogP contribution in [0.25, 0.3) is 11.0 Å². The molecule has 0 spiro atoms. The van der Waals surface area contributed by atoms with E-state index < -0.39 is 5.54 Å². The van der Waals surface area contributed by atoms with Crippen molar-refractivity contribution in [1.82, 2.24) is 20.3 Å². The number of piperidine rings is 1. The van der Waals surface area contributed by atoms with Crippen molar-refractivity contribution in [2.75, 3.05) is 24.6 Å². The molecule has 1 aliphatic rings. The molecule has 162 valence electrons. The number of amides is 1. The summed E-state index contributed by atoms with van der Waals surface area (Å²) in [6.07, 6.45) is 8.89. The third-order valence-corrected chi connectivity index (χ3v) is 5.69. The Bertz CT molecular complexity index is 936. The number of aliphatic hydroxyl groups is 1. The highest BCUT2D eigenvalue weighted by Gasteiger charge is 2.39. The van der Waals surface area contributed by atoms with Gasteiger partial charge >= 0.3 is 0 Å². The predicted molar refractivity (Wildman–Crippen MR) is 119 cm³/mol. The van der Waals surface area contributed by atoms with Gasteiger partial charge < -0.3 is 26.0 Å². The highest BCUT2D eigenvalue weighted by atomic mass is 16.3. The van der Waals surface area contributed by atoms with Crippen molar-refractivity contribution < 1.29 is 9.90 Å². The number of aliphatic hydroxyl groups excluding tert-OH is 1. The average molecular weight is 413 g/mol. The van der Waals surface area contributed by atoms with Gasteiger partial charge in [0.05, 0.1) is 17.0 Å². The molecule has 0 aliphatic carbocycles. The second-order valence-electron chi connectivity index (χ2n) is 8.27. The Hall–Kier alpha value is -2.71. The van der Waals surface area contributed by atoms with Gasteiger partial charge in [0, 0.05) is 25.9 Å². The molecule has 2 aromatic heterocycles. The number of nitrogens with one attached hydrogen (secondary N) is 2. The molecule has 0 saturated carbocycles. The van der Waals surface area contributed by atoms with Gasteiger partial charge in [-0.15, -0.1) is 0 Å². The number of hydrogen-bond acceptors (Lipinski definition) is 6. The number of carbonyl (C=O) groups excluding carboxylic acids is 1. The lowest BCUT2D eigenvalue weighted by Crippen LogP contribution is -2.61. The maximum atomic E-state index is 13.1. The highest BCUT2D eigenvalue weighted by molar-refractivity contribution is 5.89. The Morgan fingerprint density at radius 2 is 2.07 bits per heavy atom. The lowest BCUT2D eigenvalue weighted by Gasteiger charge is -2.39. The van der Waals surface area contributed by atoms with Crippen molar-refractivity contribution in [3.63, 3.8) is 0 Å². The largest absolute Gasteiger partial charge is 0.396 e. The van der Waals surface area contributed by atoms with Gasteiger partial charge in [0.2, 0.25) is 5.91 Å². The van der Waals surface area contributed by atoms with Gasteiger partial charge in [-0.1, -0.05) is 23.3 Å². The fourth-order valence-corrected chi connectivity index (χ4v) is 3.71. The third-order valence-electron chi connectivity index (χ3n) is 5.69. The number of anilines is 1. The van der Waals surface area contributed by atoms with E-state index in [1.54, 1.807) is 6.33 Å². The van der Waals surface area contributed by atoms with Crippen LogP contribution >= 0.6 is 0 Å². The number of rotatable bonds is 7. The highest BCUT2D eigenvalue weighted by Crippen LogP contribution is 2.28. The van der Waals surface area contributed by atoms with Crippen molar-refractivity contribution in [1.29, 1.82) is 0 Å².